The van der Waals surface area contributed by atoms with Gasteiger partial charge < -0.3 is 5.73 Å². The Balaban J connectivity index is 2.37. The van der Waals surface area contributed by atoms with Crippen LogP contribution in [0.25, 0.3) is 0 Å². The van der Waals surface area contributed by atoms with Crippen LogP contribution < -0.4 is 10.5 Å². The highest BCUT2D eigenvalue weighted by atomic mass is 32.2. The minimum Gasteiger partial charge on any atom is -0.396 e. The van der Waals surface area contributed by atoms with Crippen molar-refractivity contribution in [3.8, 4) is 0 Å². The maximum absolute atomic E-state index is 13.5. The van der Waals surface area contributed by atoms with Crippen LogP contribution in [0.5, 0.6) is 0 Å². The van der Waals surface area contributed by atoms with Crippen molar-refractivity contribution in [2.24, 2.45) is 0 Å². The standard InChI is InChI=1S/C12H15FN4O2S/c1-7-3-10(13)11(14)8(2)12(7)20(18,19)17-6-9-4-15-16-5-9/h3-5,17H,6,14H2,1-2H3,(H,15,16). The molecule has 0 bridgehead atoms. The summed E-state index contributed by atoms with van der Waals surface area (Å²) in [7, 11) is -3.78. The van der Waals surface area contributed by atoms with Crippen molar-refractivity contribution in [1.82, 2.24) is 14.9 Å². The Labute approximate surface area is 116 Å². The van der Waals surface area contributed by atoms with Crippen LogP contribution in [0, 0.1) is 19.7 Å². The van der Waals surface area contributed by atoms with E-state index in [1.54, 1.807) is 6.20 Å². The highest BCUT2D eigenvalue weighted by Gasteiger charge is 2.22. The monoisotopic (exact) mass is 298 g/mol. The summed E-state index contributed by atoms with van der Waals surface area (Å²) < 4.78 is 40.5. The molecule has 8 heteroatoms. The molecule has 0 radical (unpaired) electrons. The van der Waals surface area contributed by atoms with Gasteiger partial charge in [0.05, 0.1) is 16.8 Å². The average molecular weight is 298 g/mol. The molecule has 4 N–H and O–H groups in total. The fraction of sp³-hybridized carbons (Fsp3) is 0.250. The zero-order valence-corrected chi connectivity index (χ0v) is 11.9. The molecule has 20 heavy (non-hydrogen) atoms. The van der Waals surface area contributed by atoms with E-state index in [9.17, 15) is 12.8 Å². The Bertz CT molecular complexity index is 726. The molecule has 6 nitrogen and oxygen atoms in total. The lowest BCUT2D eigenvalue weighted by Gasteiger charge is -2.14. The fourth-order valence-corrected chi connectivity index (χ4v) is 3.47. The maximum Gasteiger partial charge on any atom is 0.241 e. The number of halogens is 1. The molecule has 0 amide bonds. The summed E-state index contributed by atoms with van der Waals surface area (Å²) in [4.78, 5) is 0.0138. The van der Waals surface area contributed by atoms with Crippen molar-refractivity contribution >= 4 is 15.7 Å². The topological polar surface area (TPSA) is 101 Å². The van der Waals surface area contributed by atoms with E-state index in [2.05, 4.69) is 14.9 Å². The first-order chi connectivity index (χ1) is 9.33. The lowest BCUT2D eigenvalue weighted by molar-refractivity contribution is 0.579. The minimum atomic E-state index is -3.78. The third-order valence-corrected chi connectivity index (χ3v) is 4.68. The van der Waals surface area contributed by atoms with E-state index in [4.69, 9.17) is 5.73 Å². The number of nitrogens with two attached hydrogens (primary N) is 1. The van der Waals surface area contributed by atoms with Crippen LogP contribution in [0.1, 0.15) is 16.7 Å². The summed E-state index contributed by atoms with van der Waals surface area (Å²) in [5, 5.41) is 6.32. The molecular weight excluding hydrogens is 283 g/mol. The molecule has 2 rings (SSSR count). The number of hydrogen-bond acceptors (Lipinski definition) is 4. The van der Waals surface area contributed by atoms with Gasteiger partial charge in [0.25, 0.3) is 0 Å². The highest BCUT2D eigenvalue weighted by molar-refractivity contribution is 7.89. The molecule has 1 heterocycles. The molecule has 0 aliphatic carbocycles. The number of aromatic nitrogens is 2. The van der Waals surface area contributed by atoms with Gasteiger partial charge in [-0.15, -0.1) is 0 Å². The summed E-state index contributed by atoms with van der Waals surface area (Å²) in [6.45, 7) is 3.11. The molecule has 0 unspecified atom stereocenters. The van der Waals surface area contributed by atoms with Crippen molar-refractivity contribution in [3.05, 3.63) is 41.0 Å². The van der Waals surface area contributed by atoms with E-state index in [0.717, 1.165) is 6.07 Å². The molecule has 0 aliphatic heterocycles. The van der Waals surface area contributed by atoms with Crippen LogP contribution >= 0.6 is 0 Å². The second kappa shape index (κ2) is 5.22. The van der Waals surface area contributed by atoms with Gasteiger partial charge in [0.2, 0.25) is 10.0 Å². The van der Waals surface area contributed by atoms with Gasteiger partial charge in [-0.05, 0) is 31.0 Å². The smallest absolute Gasteiger partial charge is 0.241 e. The lowest BCUT2D eigenvalue weighted by Crippen LogP contribution is -2.25. The molecule has 0 fully saturated rings. The molecule has 0 saturated carbocycles. The van der Waals surface area contributed by atoms with Gasteiger partial charge in [0.15, 0.2) is 0 Å². The fourth-order valence-electron chi connectivity index (χ4n) is 1.97. The second-order valence-electron chi connectivity index (χ2n) is 4.47. The van der Waals surface area contributed by atoms with Crippen LogP contribution in [0.4, 0.5) is 10.1 Å². The summed E-state index contributed by atoms with van der Waals surface area (Å²) in [6.07, 6.45) is 3.10. The molecule has 0 spiro atoms. The second-order valence-corrected chi connectivity index (χ2v) is 6.18. The Morgan fingerprint density at radius 2 is 2.15 bits per heavy atom. The van der Waals surface area contributed by atoms with Gasteiger partial charge >= 0.3 is 0 Å². The van der Waals surface area contributed by atoms with Crippen molar-refractivity contribution in [1.29, 1.82) is 0 Å². The summed E-state index contributed by atoms with van der Waals surface area (Å²) >= 11 is 0. The average Bonchev–Trinajstić information content (AvgIpc) is 2.86. The number of aryl methyl sites for hydroxylation is 1. The molecule has 0 saturated heterocycles. The predicted octanol–water partition coefficient (Wildman–Crippen LogP) is 1.23. The number of sulfonamides is 1. The number of nitrogens with one attached hydrogen (secondary N) is 2. The number of nitrogens with zero attached hydrogens (tertiary/aromatic N) is 1. The molecule has 2 aromatic rings. The van der Waals surface area contributed by atoms with Crippen LogP contribution in [-0.4, -0.2) is 18.6 Å². The van der Waals surface area contributed by atoms with Gasteiger partial charge in [-0.2, -0.15) is 5.10 Å². The van der Waals surface area contributed by atoms with Gasteiger partial charge in [0, 0.05) is 18.3 Å². The van der Waals surface area contributed by atoms with E-state index < -0.39 is 15.8 Å². The van der Waals surface area contributed by atoms with Crippen LogP contribution in [0.2, 0.25) is 0 Å². The number of rotatable bonds is 4. The number of anilines is 1. The van der Waals surface area contributed by atoms with Crippen molar-refractivity contribution in [2.75, 3.05) is 5.73 Å². The normalized spacial score (nSPS) is 11.8. The maximum atomic E-state index is 13.5. The van der Waals surface area contributed by atoms with Gasteiger partial charge in [-0.1, -0.05) is 0 Å². The zero-order valence-electron chi connectivity index (χ0n) is 11.1. The predicted molar refractivity (Wildman–Crippen MR) is 72.9 cm³/mol. The Kier molecular flexibility index (Phi) is 3.78. The zero-order chi connectivity index (χ0) is 14.9. The van der Waals surface area contributed by atoms with Gasteiger partial charge in [0.1, 0.15) is 5.82 Å². The van der Waals surface area contributed by atoms with E-state index in [1.807, 2.05) is 0 Å². The molecule has 1 aromatic carbocycles. The van der Waals surface area contributed by atoms with E-state index >= 15 is 0 Å². The molecular formula is C12H15FN4O2S. The van der Waals surface area contributed by atoms with E-state index in [0.29, 0.717) is 11.1 Å². The minimum absolute atomic E-state index is 0.0138. The van der Waals surface area contributed by atoms with Crippen LogP contribution in [0.15, 0.2) is 23.4 Å². The molecule has 0 aliphatic rings. The first kappa shape index (κ1) is 14.5. The molecule has 1 aromatic heterocycles. The van der Waals surface area contributed by atoms with Crippen molar-refractivity contribution in [3.63, 3.8) is 0 Å². The summed E-state index contributed by atoms with van der Waals surface area (Å²) in [5.41, 5.74) is 6.62. The molecule has 0 atom stereocenters. The first-order valence-electron chi connectivity index (χ1n) is 5.85. The summed E-state index contributed by atoms with van der Waals surface area (Å²) in [5.74, 6) is -0.617. The number of H-pyrrole nitrogens is 1. The third kappa shape index (κ3) is 2.66. The van der Waals surface area contributed by atoms with Gasteiger partial charge in [-0.25, -0.2) is 17.5 Å². The van der Waals surface area contributed by atoms with Crippen molar-refractivity contribution in [2.45, 2.75) is 25.3 Å². The lowest BCUT2D eigenvalue weighted by atomic mass is 10.1. The Morgan fingerprint density at radius 3 is 2.75 bits per heavy atom. The number of aromatic amines is 1. The SMILES string of the molecule is Cc1cc(F)c(N)c(C)c1S(=O)(=O)NCc1cn[nH]c1. The number of benzene rings is 1. The Morgan fingerprint density at radius 1 is 1.45 bits per heavy atom. The molecule has 108 valence electrons. The quantitative estimate of drug-likeness (QED) is 0.739. The third-order valence-electron chi connectivity index (χ3n) is 2.99. The summed E-state index contributed by atoms with van der Waals surface area (Å²) in [6, 6.07) is 1.12. The van der Waals surface area contributed by atoms with E-state index in [1.165, 1.54) is 20.0 Å². The Hall–Kier alpha value is -1.93. The largest absolute Gasteiger partial charge is 0.396 e. The van der Waals surface area contributed by atoms with Crippen LogP contribution in [0.3, 0.4) is 0 Å². The van der Waals surface area contributed by atoms with Gasteiger partial charge in [-0.3, -0.25) is 5.10 Å². The van der Waals surface area contributed by atoms with Crippen molar-refractivity contribution < 1.29 is 12.8 Å². The van der Waals surface area contributed by atoms with Crippen LogP contribution in [-0.2, 0) is 16.6 Å². The highest BCUT2D eigenvalue weighted by Crippen LogP contribution is 2.27. The van der Waals surface area contributed by atoms with E-state index in [-0.39, 0.29) is 22.7 Å². The first-order valence-corrected chi connectivity index (χ1v) is 7.33. The number of nitrogen functional groups attached to an aromatic ring is 1. The number of hydrogen-bond donors (Lipinski definition) is 3.